The van der Waals surface area contributed by atoms with Crippen LogP contribution in [-0.2, 0) is 11.3 Å². The third kappa shape index (κ3) is 3.85. The maximum atomic E-state index is 11.8. The Morgan fingerprint density at radius 2 is 1.96 bits per heavy atom. The van der Waals surface area contributed by atoms with Gasteiger partial charge < -0.3 is 5.11 Å². The number of hydrogen-bond donors (Lipinski definition) is 1. The van der Waals surface area contributed by atoms with E-state index in [1.54, 1.807) is 0 Å². The second-order valence-electron chi connectivity index (χ2n) is 7.41. The number of allylic oxidation sites excluding steroid dienone is 5. The fourth-order valence-electron chi connectivity index (χ4n) is 3.52. The fraction of sp³-hybridized carbons (Fsp3) is 0.381. The number of carbonyl (C=O) groups is 1. The number of hydrogen-bond acceptors (Lipinski definition) is 2. The zero-order valence-electron chi connectivity index (χ0n) is 14.4. The lowest BCUT2D eigenvalue weighted by Gasteiger charge is -2.17. The van der Waals surface area contributed by atoms with Gasteiger partial charge in [-0.1, -0.05) is 74.6 Å². The van der Waals surface area contributed by atoms with Gasteiger partial charge in [-0.15, -0.1) is 0 Å². The van der Waals surface area contributed by atoms with Crippen LogP contribution in [0.2, 0.25) is 0 Å². The van der Waals surface area contributed by atoms with E-state index in [2.05, 4.69) is 61.3 Å². The molecule has 1 N–H and O–H groups in total. The van der Waals surface area contributed by atoms with Gasteiger partial charge in [0.2, 0.25) is 0 Å². The Labute approximate surface area is 144 Å². The number of likely N-dealkylation sites (tertiary alicyclic amines) is 1. The topological polar surface area (TPSA) is 40.5 Å². The van der Waals surface area contributed by atoms with Crippen molar-refractivity contribution in [2.75, 3.05) is 13.1 Å². The molecule has 3 rings (SSSR count). The third-order valence-corrected chi connectivity index (χ3v) is 4.91. The van der Waals surface area contributed by atoms with Crippen molar-refractivity contribution in [3.8, 4) is 0 Å². The van der Waals surface area contributed by atoms with E-state index in [0.717, 1.165) is 18.7 Å². The van der Waals surface area contributed by atoms with Crippen LogP contribution in [0.1, 0.15) is 19.4 Å². The largest absolute Gasteiger partial charge is 0.481 e. The van der Waals surface area contributed by atoms with E-state index in [9.17, 15) is 9.90 Å². The molecule has 2 unspecified atom stereocenters. The molecule has 1 aromatic rings. The minimum Gasteiger partial charge on any atom is -0.481 e. The third-order valence-electron chi connectivity index (χ3n) is 4.91. The molecule has 1 saturated heterocycles. The molecule has 1 aromatic carbocycles. The minimum atomic E-state index is -0.697. The molecule has 1 aliphatic heterocycles. The summed E-state index contributed by atoms with van der Waals surface area (Å²) in [6, 6.07) is 10.3. The average molecular weight is 323 g/mol. The van der Waals surface area contributed by atoms with Crippen LogP contribution < -0.4 is 0 Å². The maximum absolute atomic E-state index is 11.8. The average Bonchev–Trinajstić information content (AvgIpc) is 2.86. The molecule has 0 bridgehead atoms. The van der Waals surface area contributed by atoms with E-state index < -0.39 is 5.97 Å². The van der Waals surface area contributed by atoms with Gasteiger partial charge in [-0.05, 0) is 11.1 Å². The SMILES string of the molecule is CC1(C)C=CC=C(C2CN(Cc3ccccc3)CC2C(=O)O)C=C1. The van der Waals surface area contributed by atoms with Crippen LogP contribution >= 0.6 is 0 Å². The van der Waals surface area contributed by atoms with Crippen molar-refractivity contribution in [1.82, 2.24) is 4.90 Å². The molecule has 3 heteroatoms. The van der Waals surface area contributed by atoms with Crippen molar-refractivity contribution in [1.29, 1.82) is 0 Å². The Bertz CT molecular complexity index is 685. The van der Waals surface area contributed by atoms with E-state index in [1.807, 2.05) is 18.2 Å². The molecule has 1 aliphatic carbocycles. The second-order valence-corrected chi connectivity index (χ2v) is 7.41. The van der Waals surface area contributed by atoms with E-state index in [1.165, 1.54) is 5.56 Å². The molecular weight excluding hydrogens is 298 g/mol. The van der Waals surface area contributed by atoms with Gasteiger partial charge in [0.05, 0.1) is 5.92 Å². The molecule has 1 fully saturated rings. The molecule has 0 spiro atoms. The van der Waals surface area contributed by atoms with Crippen LogP contribution in [0, 0.1) is 17.3 Å². The lowest BCUT2D eigenvalue weighted by molar-refractivity contribution is -0.142. The molecule has 0 aromatic heterocycles. The molecule has 1 heterocycles. The monoisotopic (exact) mass is 323 g/mol. The Hall–Kier alpha value is -2.13. The van der Waals surface area contributed by atoms with Crippen molar-refractivity contribution in [3.63, 3.8) is 0 Å². The first kappa shape index (κ1) is 16.7. The predicted octanol–water partition coefficient (Wildman–Crippen LogP) is 3.90. The van der Waals surface area contributed by atoms with Crippen LogP contribution in [0.15, 0.2) is 66.3 Å². The van der Waals surface area contributed by atoms with Gasteiger partial charge in [-0.2, -0.15) is 0 Å². The molecule has 0 saturated carbocycles. The molecule has 24 heavy (non-hydrogen) atoms. The predicted molar refractivity (Wildman–Crippen MR) is 96.5 cm³/mol. The van der Waals surface area contributed by atoms with Crippen LogP contribution in [0.3, 0.4) is 0 Å². The zero-order chi connectivity index (χ0) is 17.2. The van der Waals surface area contributed by atoms with Crippen molar-refractivity contribution in [3.05, 3.63) is 71.8 Å². The summed E-state index contributed by atoms with van der Waals surface area (Å²) in [5, 5.41) is 9.68. The fourth-order valence-corrected chi connectivity index (χ4v) is 3.52. The smallest absolute Gasteiger partial charge is 0.308 e. The summed E-state index contributed by atoms with van der Waals surface area (Å²) >= 11 is 0. The Morgan fingerprint density at radius 3 is 2.67 bits per heavy atom. The first-order chi connectivity index (χ1) is 11.4. The lowest BCUT2D eigenvalue weighted by Crippen LogP contribution is -2.24. The summed E-state index contributed by atoms with van der Waals surface area (Å²) in [7, 11) is 0. The summed E-state index contributed by atoms with van der Waals surface area (Å²) in [4.78, 5) is 14.0. The molecule has 126 valence electrons. The number of carboxylic acid groups (broad SMARTS) is 1. The second kappa shape index (κ2) is 6.78. The lowest BCUT2D eigenvalue weighted by atomic mass is 9.87. The summed E-state index contributed by atoms with van der Waals surface area (Å²) in [5.41, 5.74) is 2.37. The highest BCUT2D eigenvalue weighted by molar-refractivity contribution is 5.72. The van der Waals surface area contributed by atoms with Gasteiger partial charge in [0.25, 0.3) is 0 Å². The van der Waals surface area contributed by atoms with E-state index in [0.29, 0.717) is 6.54 Å². The highest BCUT2D eigenvalue weighted by Gasteiger charge is 2.39. The van der Waals surface area contributed by atoms with Crippen molar-refractivity contribution < 1.29 is 9.90 Å². The first-order valence-corrected chi connectivity index (χ1v) is 8.52. The van der Waals surface area contributed by atoms with Gasteiger partial charge in [-0.25, -0.2) is 0 Å². The molecular formula is C21H25NO2. The molecule has 0 amide bonds. The number of aliphatic carboxylic acids is 1. The number of rotatable bonds is 4. The Morgan fingerprint density at radius 1 is 1.21 bits per heavy atom. The van der Waals surface area contributed by atoms with Gasteiger partial charge in [0, 0.05) is 31.0 Å². The Kier molecular flexibility index (Phi) is 4.72. The molecule has 3 nitrogen and oxygen atoms in total. The standard InChI is InChI=1S/C21H25NO2/c1-21(2)11-6-9-17(10-12-21)18-14-22(15-19(18)20(23)24)13-16-7-4-3-5-8-16/h3-12,18-19H,13-15H2,1-2H3,(H,23,24). The quantitative estimate of drug-likeness (QED) is 0.913. The van der Waals surface area contributed by atoms with Crippen molar-refractivity contribution in [2.24, 2.45) is 17.3 Å². The summed E-state index contributed by atoms with van der Waals surface area (Å²) in [6.45, 7) is 6.51. The van der Waals surface area contributed by atoms with Crippen LogP contribution in [0.4, 0.5) is 0 Å². The van der Waals surface area contributed by atoms with Gasteiger partial charge in [-0.3, -0.25) is 9.69 Å². The summed E-state index contributed by atoms with van der Waals surface area (Å²) in [5.74, 6) is -1.00. The molecule has 2 aliphatic rings. The van der Waals surface area contributed by atoms with Gasteiger partial charge in [0.1, 0.15) is 0 Å². The molecule has 0 radical (unpaired) electrons. The van der Waals surface area contributed by atoms with Crippen LogP contribution in [-0.4, -0.2) is 29.1 Å². The van der Waals surface area contributed by atoms with E-state index in [4.69, 9.17) is 0 Å². The van der Waals surface area contributed by atoms with E-state index in [-0.39, 0.29) is 17.3 Å². The van der Waals surface area contributed by atoms with Gasteiger partial charge >= 0.3 is 5.97 Å². The minimum absolute atomic E-state index is 0.0132. The first-order valence-electron chi connectivity index (χ1n) is 8.52. The number of carboxylic acids is 1. The Balaban J connectivity index is 1.78. The summed E-state index contributed by atoms with van der Waals surface area (Å²) in [6.07, 6.45) is 10.6. The van der Waals surface area contributed by atoms with Gasteiger partial charge in [0.15, 0.2) is 0 Å². The highest BCUT2D eigenvalue weighted by atomic mass is 16.4. The normalized spacial score (nSPS) is 26.2. The van der Waals surface area contributed by atoms with Crippen LogP contribution in [0.25, 0.3) is 0 Å². The summed E-state index contributed by atoms with van der Waals surface area (Å²) < 4.78 is 0. The van der Waals surface area contributed by atoms with Crippen LogP contribution in [0.5, 0.6) is 0 Å². The zero-order valence-corrected chi connectivity index (χ0v) is 14.4. The van der Waals surface area contributed by atoms with Crippen molar-refractivity contribution in [2.45, 2.75) is 20.4 Å². The molecule has 2 atom stereocenters. The number of nitrogens with zero attached hydrogens (tertiary/aromatic N) is 1. The highest BCUT2D eigenvalue weighted by Crippen LogP contribution is 2.34. The van der Waals surface area contributed by atoms with E-state index >= 15 is 0 Å². The maximum Gasteiger partial charge on any atom is 0.308 e. The van der Waals surface area contributed by atoms with Crippen molar-refractivity contribution >= 4 is 5.97 Å². The number of benzene rings is 1.